The van der Waals surface area contributed by atoms with Gasteiger partial charge >= 0.3 is 0 Å². The zero-order valence-electron chi connectivity index (χ0n) is 12.3. The highest BCUT2D eigenvalue weighted by Crippen LogP contribution is 2.27. The maximum absolute atomic E-state index is 3.53. The number of rotatable bonds is 6. The highest BCUT2D eigenvalue weighted by Gasteiger charge is 2.08. The second-order valence-electron chi connectivity index (χ2n) is 5.86. The predicted molar refractivity (Wildman–Crippen MR) is 84.7 cm³/mol. The molecular formula is C18H25N. The van der Waals surface area contributed by atoms with E-state index in [2.05, 4.69) is 68.6 Å². The monoisotopic (exact) mass is 255 g/mol. The van der Waals surface area contributed by atoms with Gasteiger partial charge in [0.05, 0.1) is 0 Å². The number of nitrogens with one attached hydrogen (secondary N) is 1. The van der Waals surface area contributed by atoms with Crippen molar-refractivity contribution < 1.29 is 0 Å². The number of fused-ring (bicyclic) bond motifs is 1. The molecule has 1 atom stereocenters. The molecule has 0 heterocycles. The smallest absolute Gasteiger partial charge is 0.00258 e. The van der Waals surface area contributed by atoms with E-state index in [1.807, 2.05) is 0 Å². The van der Waals surface area contributed by atoms with Crippen LogP contribution in [0.15, 0.2) is 42.5 Å². The molecule has 0 aliphatic rings. The molecule has 1 unspecified atom stereocenters. The predicted octanol–water partition coefficient (Wildman–Crippen LogP) is 4.58. The third-order valence-corrected chi connectivity index (χ3v) is 3.66. The van der Waals surface area contributed by atoms with Gasteiger partial charge in [-0.1, -0.05) is 63.2 Å². The second kappa shape index (κ2) is 6.72. The molecule has 0 spiro atoms. The fourth-order valence-corrected chi connectivity index (χ4v) is 2.54. The van der Waals surface area contributed by atoms with E-state index in [1.165, 1.54) is 22.8 Å². The van der Waals surface area contributed by atoms with E-state index in [9.17, 15) is 0 Å². The minimum atomic E-state index is 0.603. The molecule has 19 heavy (non-hydrogen) atoms. The van der Waals surface area contributed by atoms with Crippen molar-refractivity contribution >= 4 is 10.8 Å². The van der Waals surface area contributed by atoms with Crippen LogP contribution in [-0.2, 0) is 0 Å². The summed E-state index contributed by atoms with van der Waals surface area (Å²) in [6.07, 6.45) is 1.20. The Bertz CT molecular complexity index is 511. The Morgan fingerprint density at radius 2 is 1.68 bits per heavy atom. The van der Waals surface area contributed by atoms with Crippen molar-refractivity contribution in [1.29, 1.82) is 0 Å². The van der Waals surface area contributed by atoms with Gasteiger partial charge in [-0.05, 0) is 47.7 Å². The Labute approximate surface area is 117 Å². The lowest BCUT2D eigenvalue weighted by atomic mass is 9.92. The third kappa shape index (κ3) is 3.81. The minimum absolute atomic E-state index is 0.603. The van der Waals surface area contributed by atoms with Crippen LogP contribution in [0.5, 0.6) is 0 Å². The first-order valence-electron chi connectivity index (χ1n) is 7.37. The first kappa shape index (κ1) is 14.1. The van der Waals surface area contributed by atoms with Crippen LogP contribution in [0.4, 0.5) is 0 Å². The van der Waals surface area contributed by atoms with Crippen LogP contribution in [0, 0.1) is 5.92 Å². The van der Waals surface area contributed by atoms with E-state index in [0.717, 1.165) is 19.0 Å². The van der Waals surface area contributed by atoms with Gasteiger partial charge in [0.2, 0.25) is 0 Å². The summed E-state index contributed by atoms with van der Waals surface area (Å²) in [6, 6.07) is 15.3. The van der Waals surface area contributed by atoms with Crippen molar-refractivity contribution in [2.75, 3.05) is 13.1 Å². The minimum Gasteiger partial charge on any atom is -0.316 e. The number of benzene rings is 2. The van der Waals surface area contributed by atoms with Crippen LogP contribution in [-0.4, -0.2) is 13.1 Å². The molecule has 1 nitrogen and oxygen atoms in total. The van der Waals surface area contributed by atoms with Gasteiger partial charge in [0.15, 0.2) is 0 Å². The SMILES string of the molecule is CC(C)CNCCC(C)c1cccc2ccccc12. The molecule has 0 aromatic heterocycles. The first-order chi connectivity index (χ1) is 9.18. The Hall–Kier alpha value is -1.34. The molecule has 0 fully saturated rings. The Morgan fingerprint density at radius 1 is 0.947 bits per heavy atom. The lowest BCUT2D eigenvalue weighted by Gasteiger charge is -2.15. The van der Waals surface area contributed by atoms with Gasteiger partial charge < -0.3 is 5.32 Å². The maximum atomic E-state index is 3.53. The van der Waals surface area contributed by atoms with Crippen LogP contribution in [0.3, 0.4) is 0 Å². The van der Waals surface area contributed by atoms with Crippen LogP contribution in [0.2, 0.25) is 0 Å². The summed E-state index contributed by atoms with van der Waals surface area (Å²) in [5.74, 6) is 1.33. The molecule has 2 aromatic rings. The third-order valence-electron chi connectivity index (χ3n) is 3.66. The molecule has 1 heteroatoms. The average Bonchev–Trinajstić information content (AvgIpc) is 2.42. The highest BCUT2D eigenvalue weighted by molar-refractivity contribution is 5.86. The summed E-state index contributed by atoms with van der Waals surface area (Å²) in [5, 5.41) is 6.29. The molecule has 0 radical (unpaired) electrons. The molecule has 2 aromatic carbocycles. The fraction of sp³-hybridized carbons (Fsp3) is 0.444. The summed E-state index contributed by atoms with van der Waals surface area (Å²) >= 11 is 0. The van der Waals surface area contributed by atoms with Crippen LogP contribution in [0.25, 0.3) is 10.8 Å². The lowest BCUT2D eigenvalue weighted by molar-refractivity contribution is 0.525. The van der Waals surface area contributed by atoms with E-state index in [-0.39, 0.29) is 0 Å². The molecule has 0 bridgehead atoms. The molecular weight excluding hydrogens is 230 g/mol. The maximum Gasteiger partial charge on any atom is -0.00258 e. The van der Waals surface area contributed by atoms with Crippen LogP contribution in [0.1, 0.15) is 38.7 Å². The largest absolute Gasteiger partial charge is 0.316 e. The normalized spacial score (nSPS) is 13.1. The van der Waals surface area contributed by atoms with Crippen molar-refractivity contribution in [1.82, 2.24) is 5.32 Å². The lowest BCUT2D eigenvalue weighted by Crippen LogP contribution is -2.21. The van der Waals surface area contributed by atoms with Gasteiger partial charge in [0.25, 0.3) is 0 Å². The molecule has 0 aliphatic carbocycles. The molecule has 0 saturated heterocycles. The molecule has 102 valence electrons. The zero-order valence-corrected chi connectivity index (χ0v) is 12.3. The van der Waals surface area contributed by atoms with E-state index in [1.54, 1.807) is 0 Å². The summed E-state index contributed by atoms with van der Waals surface area (Å²) < 4.78 is 0. The Balaban J connectivity index is 2.03. The Kier molecular flexibility index (Phi) is 4.98. The summed E-state index contributed by atoms with van der Waals surface area (Å²) in [5.41, 5.74) is 1.48. The van der Waals surface area contributed by atoms with Gasteiger partial charge in [-0.2, -0.15) is 0 Å². The summed E-state index contributed by atoms with van der Waals surface area (Å²) in [7, 11) is 0. The topological polar surface area (TPSA) is 12.0 Å². The van der Waals surface area contributed by atoms with Crippen molar-refractivity contribution in [2.45, 2.75) is 33.1 Å². The molecule has 0 amide bonds. The van der Waals surface area contributed by atoms with E-state index >= 15 is 0 Å². The van der Waals surface area contributed by atoms with Crippen LogP contribution < -0.4 is 5.32 Å². The van der Waals surface area contributed by atoms with E-state index in [0.29, 0.717) is 5.92 Å². The van der Waals surface area contributed by atoms with E-state index in [4.69, 9.17) is 0 Å². The van der Waals surface area contributed by atoms with Crippen molar-refractivity contribution in [3.63, 3.8) is 0 Å². The first-order valence-corrected chi connectivity index (χ1v) is 7.37. The van der Waals surface area contributed by atoms with Gasteiger partial charge in [-0.15, -0.1) is 0 Å². The van der Waals surface area contributed by atoms with Gasteiger partial charge in [-0.25, -0.2) is 0 Å². The molecule has 0 saturated carbocycles. The fourth-order valence-electron chi connectivity index (χ4n) is 2.54. The molecule has 2 rings (SSSR count). The van der Waals surface area contributed by atoms with E-state index < -0.39 is 0 Å². The van der Waals surface area contributed by atoms with Crippen molar-refractivity contribution in [2.24, 2.45) is 5.92 Å². The number of hydrogen-bond acceptors (Lipinski definition) is 1. The van der Waals surface area contributed by atoms with Gasteiger partial charge in [0.1, 0.15) is 0 Å². The Morgan fingerprint density at radius 3 is 2.47 bits per heavy atom. The summed E-state index contributed by atoms with van der Waals surface area (Å²) in [6.45, 7) is 9.05. The van der Waals surface area contributed by atoms with Crippen LogP contribution >= 0.6 is 0 Å². The molecule has 0 aliphatic heterocycles. The zero-order chi connectivity index (χ0) is 13.7. The highest BCUT2D eigenvalue weighted by atomic mass is 14.8. The standard InChI is InChI=1S/C18H25N/c1-14(2)13-19-12-11-15(3)17-10-6-8-16-7-4-5-9-18(16)17/h4-10,14-15,19H,11-13H2,1-3H3. The summed E-state index contributed by atoms with van der Waals surface area (Å²) in [4.78, 5) is 0. The second-order valence-corrected chi connectivity index (χ2v) is 5.86. The quantitative estimate of drug-likeness (QED) is 0.745. The van der Waals surface area contributed by atoms with Crippen molar-refractivity contribution in [3.8, 4) is 0 Å². The number of hydrogen-bond donors (Lipinski definition) is 1. The van der Waals surface area contributed by atoms with Crippen molar-refractivity contribution in [3.05, 3.63) is 48.0 Å². The van der Waals surface area contributed by atoms with Gasteiger partial charge in [0, 0.05) is 0 Å². The van der Waals surface area contributed by atoms with Gasteiger partial charge in [-0.3, -0.25) is 0 Å². The average molecular weight is 255 g/mol. The molecule has 1 N–H and O–H groups in total.